The van der Waals surface area contributed by atoms with E-state index >= 15 is 0 Å². The Labute approximate surface area is 68.5 Å². The van der Waals surface area contributed by atoms with Crippen LogP contribution >= 0.6 is 0 Å². The maximum atomic E-state index is 10.9. The highest BCUT2D eigenvalue weighted by Gasteiger charge is 2.20. The molecule has 1 heteroatoms. The molecule has 0 aliphatic heterocycles. The molecule has 0 aromatic rings. The summed E-state index contributed by atoms with van der Waals surface area (Å²) >= 11 is 0. The number of Topliss-reactive ketones (excluding diaryl/α,β-unsaturated/α-hetero) is 1. The Bertz CT molecular complexity index is 149. The van der Waals surface area contributed by atoms with Crippen LogP contribution in [0, 0.1) is 5.92 Å². The van der Waals surface area contributed by atoms with E-state index in [2.05, 4.69) is 6.58 Å². The van der Waals surface area contributed by atoms with Gasteiger partial charge in [-0.1, -0.05) is 6.08 Å². The van der Waals surface area contributed by atoms with Gasteiger partial charge in [-0.2, -0.15) is 0 Å². The molecule has 0 saturated heterocycles. The maximum absolute atomic E-state index is 10.9. The van der Waals surface area contributed by atoms with E-state index < -0.39 is 0 Å². The zero-order chi connectivity index (χ0) is 8.10. The van der Waals surface area contributed by atoms with E-state index in [9.17, 15) is 4.79 Å². The van der Waals surface area contributed by atoms with Gasteiger partial charge in [0.1, 0.15) is 5.78 Å². The molecule has 0 radical (unpaired) electrons. The summed E-state index contributed by atoms with van der Waals surface area (Å²) in [7, 11) is 0. The first-order valence-corrected chi connectivity index (χ1v) is 4.45. The molecule has 0 bridgehead atoms. The van der Waals surface area contributed by atoms with E-state index in [-0.39, 0.29) is 0 Å². The lowest BCUT2D eigenvalue weighted by molar-refractivity contribution is -0.117. The van der Waals surface area contributed by atoms with Crippen molar-refractivity contribution < 1.29 is 4.79 Å². The molecule has 0 aromatic heterocycles. The predicted octanol–water partition coefficient (Wildman–Crippen LogP) is 2.71. The van der Waals surface area contributed by atoms with Crippen molar-refractivity contribution in [1.29, 1.82) is 0 Å². The summed E-state index contributed by atoms with van der Waals surface area (Å²) in [5, 5.41) is 0. The molecule has 0 heterocycles. The lowest BCUT2D eigenvalue weighted by Crippen LogP contribution is -1.94. The van der Waals surface area contributed by atoms with E-state index in [1.807, 2.05) is 6.08 Å². The van der Waals surface area contributed by atoms with Gasteiger partial charge in [0.05, 0.1) is 0 Å². The zero-order valence-corrected chi connectivity index (χ0v) is 7.01. The summed E-state index contributed by atoms with van der Waals surface area (Å²) in [6.45, 7) is 3.67. The number of hydrogen-bond acceptors (Lipinski definition) is 1. The van der Waals surface area contributed by atoms with E-state index in [4.69, 9.17) is 0 Å². The van der Waals surface area contributed by atoms with Crippen LogP contribution in [0.1, 0.15) is 38.5 Å². The van der Waals surface area contributed by atoms with Gasteiger partial charge in [-0.25, -0.2) is 0 Å². The van der Waals surface area contributed by atoms with E-state index in [1.54, 1.807) is 0 Å². The molecule has 1 atom stereocenters. The van der Waals surface area contributed by atoms with Gasteiger partial charge in [0, 0.05) is 12.8 Å². The third-order valence-corrected chi connectivity index (χ3v) is 2.37. The van der Waals surface area contributed by atoms with Gasteiger partial charge in [0.15, 0.2) is 0 Å². The van der Waals surface area contributed by atoms with Crippen molar-refractivity contribution in [3.63, 3.8) is 0 Å². The Morgan fingerprint density at radius 1 is 1.64 bits per heavy atom. The molecule has 1 aliphatic rings. The van der Waals surface area contributed by atoms with E-state index in [0.29, 0.717) is 11.7 Å². The largest absolute Gasteiger partial charge is 0.300 e. The fraction of sp³-hybridized carbons (Fsp3) is 0.700. The van der Waals surface area contributed by atoms with Crippen LogP contribution in [0.15, 0.2) is 12.7 Å². The lowest BCUT2D eigenvalue weighted by Gasteiger charge is -2.04. The van der Waals surface area contributed by atoms with Crippen molar-refractivity contribution in [2.75, 3.05) is 0 Å². The normalized spacial score (nSPS) is 24.0. The topological polar surface area (TPSA) is 17.1 Å². The first-order chi connectivity index (χ1) is 5.33. The number of unbranched alkanes of at least 4 members (excludes halogenated alkanes) is 1. The van der Waals surface area contributed by atoms with Gasteiger partial charge in [-0.3, -0.25) is 4.79 Å². The molecule has 62 valence electrons. The fourth-order valence-corrected chi connectivity index (χ4v) is 1.69. The Hall–Kier alpha value is -0.590. The highest BCUT2D eigenvalue weighted by molar-refractivity contribution is 5.80. The van der Waals surface area contributed by atoms with Gasteiger partial charge in [0.25, 0.3) is 0 Å². The number of rotatable bonds is 4. The molecule has 0 spiro atoms. The van der Waals surface area contributed by atoms with Crippen LogP contribution in [0.25, 0.3) is 0 Å². The number of allylic oxidation sites excluding steroid dienone is 1. The molecule has 1 fully saturated rings. The molecule has 0 amide bonds. The SMILES string of the molecule is C=CCCCC1CCC(=O)C1. The lowest BCUT2D eigenvalue weighted by atomic mass is 10.0. The highest BCUT2D eigenvalue weighted by Crippen LogP contribution is 2.26. The molecule has 1 nitrogen and oxygen atoms in total. The first-order valence-electron chi connectivity index (χ1n) is 4.45. The van der Waals surface area contributed by atoms with E-state index in [0.717, 1.165) is 25.7 Å². The average molecular weight is 152 g/mol. The molecular formula is C10H16O. The Balaban J connectivity index is 2.08. The van der Waals surface area contributed by atoms with Crippen LogP contribution in [0.4, 0.5) is 0 Å². The van der Waals surface area contributed by atoms with Gasteiger partial charge >= 0.3 is 0 Å². The number of ketones is 1. The Morgan fingerprint density at radius 3 is 3.00 bits per heavy atom. The van der Waals surface area contributed by atoms with Gasteiger partial charge in [-0.15, -0.1) is 6.58 Å². The minimum atomic E-state index is 0.466. The van der Waals surface area contributed by atoms with Crippen LogP contribution in [0.3, 0.4) is 0 Å². The predicted molar refractivity (Wildman–Crippen MR) is 46.4 cm³/mol. The molecule has 0 N–H and O–H groups in total. The molecule has 0 aromatic carbocycles. The summed E-state index contributed by atoms with van der Waals surface area (Å²) < 4.78 is 0. The number of carbonyl (C=O) groups excluding carboxylic acids is 1. The quantitative estimate of drug-likeness (QED) is 0.447. The standard InChI is InChI=1S/C10H16O/c1-2-3-4-5-9-6-7-10(11)8-9/h2,9H,1,3-8H2. The molecule has 1 saturated carbocycles. The van der Waals surface area contributed by atoms with Crippen LogP contribution in [0.5, 0.6) is 0 Å². The van der Waals surface area contributed by atoms with Crippen LogP contribution in [-0.2, 0) is 4.79 Å². The van der Waals surface area contributed by atoms with Crippen LogP contribution in [-0.4, -0.2) is 5.78 Å². The minimum absolute atomic E-state index is 0.466. The van der Waals surface area contributed by atoms with Crippen LogP contribution in [0.2, 0.25) is 0 Å². The molecule has 1 unspecified atom stereocenters. The van der Waals surface area contributed by atoms with Crippen molar-refractivity contribution in [3.05, 3.63) is 12.7 Å². The summed E-state index contributed by atoms with van der Waals surface area (Å²) in [4.78, 5) is 10.9. The second kappa shape index (κ2) is 4.32. The second-order valence-corrected chi connectivity index (χ2v) is 3.37. The highest BCUT2D eigenvalue weighted by atomic mass is 16.1. The maximum Gasteiger partial charge on any atom is 0.133 e. The summed E-state index contributed by atoms with van der Waals surface area (Å²) in [6.07, 6.45) is 8.30. The van der Waals surface area contributed by atoms with Crippen molar-refractivity contribution in [2.24, 2.45) is 5.92 Å². The summed E-state index contributed by atoms with van der Waals surface area (Å²) in [5.41, 5.74) is 0. The molecular weight excluding hydrogens is 136 g/mol. The minimum Gasteiger partial charge on any atom is -0.300 e. The first kappa shape index (κ1) is 8.51. The van der Waals surface area contributed by atoms with Gasteiger partial charge < -0.3 is 0 Å². The average Bonchev–Trinajstić information content (AvgIpc) is 2.37. The number of hydrogen-bond donors (Lipinski definition) is 0. The second-order valence-electron chi connectivity index (χ2n) is 3.37. The fourth-order valence-electron chi connectivity index (χ4n) is 1.69. The molecule has 11 heavy (non-hydrogen) atoms. The van der Waals surface area contributed by atoms with Crippen molar-refractivity contribution in [3.8, 4) is 0 Å². The van der Waals surface area contributed by atoms with Crippen LogP contribution < -0.4 is 0 Å². The molecule has 1 aliphatic carbocycles. The van der Waals surface area contributed by atoms with Crippen molar-refractivity contribution >= 4 is 5.78 Å². The smallest absolute Gasteiger partial charge is 0.133 e. The zero-order valence-electron chi connectivity index (χ0n) is 7.01. The summed E-state index contributed by atoms with van der Waals surface area (Å²) in [6, 6.07) is 0. The molecule has 1 rings (SSSR count). The number of carbonyl (C=O) groups is 1. The third kappa shape index (κ3) is 2.87. The van der Waals surface area contributed by atoms with Gasteiger partial charge in [-0.05, 0) is 31.6 Å². The monoisotopic (exact) mass is 152 g/mol. The summed E-state index contributed by atoms with van der Waals surface area (Å²) in [5.74, 6) is 1.16. The van der Waals surface area contributed by atoms with Crippen molar-refractivity contribution in [2.45, 2.75) is 38.5 Å². The van der Waals surface area contributed by atoms with Crippen molar-refractivity contribution in [1.82, 2.24) is 0 Å². The Morgan fingerprint density at radius 2 is 2.45 bits per heavy atom. The van der Waals surface area contributed by atoms with E-state index in [1.165, 1.54) is 12.8 Å². The third-order valence-electron chi connectivity index (χ3n) is 2.37. The Kier molecular flexibility index (Phi) is 3.34. The van der Waals surface area contributed by atoms with Gasteiger partial charge in [0.2, 0.25) is 0 Å².